The second kappa shape index (κ2) is 8.74. The molecule has 34 heavy (non-hydrogen) atoms. The van der Waals surface area contributed by atoms with Gasteiger partial charge in [-0.05, 0) is 12.1 Å². The van der Waals surface area contributed by atoms with Gasteiger partial charge >= 0.3 is 23.9 Å². The zero-order valence-corrected chi connectivity index (χ0v) is 18.7. The number of carbonyl (C=O) groups excluding carboxylic acids is 4. The van der Waals surface area contributed by atoms with Crippen LogP contribution in [0.1, 0.15) is 27.7 Å². The van der Waals surface area contributed by atoms with Gasteiger partial charge in [-0.1, -0.05) is 0 Å². The van der Waals surface area contributed by atoms with Crippen LogP contribution in [0, 0.1) is 0 Å². The number of H-pyrrole nitrogens is 2. The van der Waals surface area contributed by atoms with Crippen molar-refractivity contribution in [1.82, 2.24) is 9.97 Å². The minimum atomic E-state index is -0.569. The van der Waals surface area contributed by atoms with Crippen molar-refractivity contribution in [2.24, 2.45) is 0 Å². The Morgan fingerprint density at radius 3 is 1.12 bits per heavy atom. The van der Waals surface area contributed by atoms with Gasteiger partial charge in [0.1, 0.15) is 0 Å². The maximum Gasteiger partial charge on any atom is 0.308 e. The van der Waals surface area contributed by atoms with Crippen LogP contribution in [0.3, 0.4) is 0 Å². The first-order valence-corrected chi connectivity index (χ1v) is 10.2. The molecule has 0 amide bonds. The average molecular weight is 464 g/mol. The number of carbonyl (C=O) groups is 4. The highest BCUT2D eigenvalue weighted by Crippen LogP contribution is 2.42. The molecule has 2 heterocycles. The van der Waals surface area contributed by atoms with Crippen molar-refractivity contribution in [2.75, 3.05) is 0 Å². The van der Waals surface area contributed by atoms with Gasteiger partial charge in [-0.3, -0.25) is 19.2 Å². The minimum Gasteiger partial charge on any atom is -0.423 e. The number of fused-ring (bicyclic) bond motifs is 2. The Bertz CT molecular complexity index is 1370. The highest BCUT2D eigenvalue weighted by atomic mass is 16.6. The standard InChI is InChI=1S/C24H20N2O8/c1-11(27)31-21-5-15-17(9-25-19(15)7-23(21)33-13(3)29)18-10-26-20-8-24(34-14(4)30)22(6-16(18)20)32-12(2)28/h5-10,25-26H,1-4H3. The van der Waals surface area contributed by atoms with Crippen molar-refractivity contribution >= 4 is 45.7 Å². The van der Waals surface area contributed by atoms with Crippen molar-refractivity contribution in [3.05, 3.63) is 36.7 Å². The van der Waals surface area contributed by atoms with Crippen LogP contribution in [0.5, 0.6) is 23.0 Å². The molecule has 0 radical (unpaired) electrons. The summed E-state index contributed by atoms with van der Waals surface area (Å²) >= 11 is 0. The molecule has 0 aliphatic rings. The second-order valence-corrected chi connectivity index (χ2v) is 7.47. The molecule has 0 saturated heterocycles. The monoisotopic (exact) mass is 464 g/mol. The number of aromatic nitrogens is 2. The van der Waals surface area contributed by atoms with E-state index in [1.807, 2.05) is 0 Å². The van der Waals surface area contributed by atoms with Gasteiger partial charge in [-0.25, -0.2) is 0 Å². The molecule has 0 bridgehead atoms. The van der Waals surface area contributed by atoms with E-state index < -0.39 is 23.9 Å². The summed E-state index contributed by atoms with van der Waals surface area (Å²) in [5, 5.41) is 1.37. The summed E-state index contributed by atoms with van der Waals surface area (Å²) in [4.78, 5) is 52.4. The quantitative estimate of drug-likeness (QED) is 0.334. The number of hydrogen-bond acceptors (Lipinski definition) is 8. The van der Waals surface area contributed by atoms with Crippen LogP contribution < -0.4 is 18.9 Å². The van der Waals surface area contributed by atoms with Crippen molar-refractivity contribution in [3.8, 4) is 34.1 Å². The first kappa shape index (κ1) is 22.6. The van der Waals surface area contributed by atoms with Crippen LogP contribution in [-0.2, 0) is 19.2 Å². The lowest BCUT2D eigenvalue weighted by Crippen LogP contribution is -2.07. The molecule has 2 aromatic heterocycles. The van der Waals surface area contributed by atoms with Crippen LogP contribution >= 0.6 is 0 Å². The third kappa shape index (κ3) is 4.46. The average Bonchev–Trinajstić information content (AvgIpc) is 3.30. The fraction of sp³-hybridized carbons (Fsp3) is 0.167. The fourth-order valence-corrected chi connectivity index (χ4v) is 3.64. The Balaban J connectivity index is 1.89. The predicted octanol–water partition coefficient (Wildman–Crippen LogP) is 4.02. The number of hydrogen-bond donors (Lipinski definition) is 2. The van der Waals surface area contributed by atoms with Crippen LogP contribution in [0.25, 0.3) is 32.9 Å². The molecule has 174 valence electrons. The van der Waals surface area contributed by atoms with E-state index in [-0.39, 0.29) is 23.0 Å². The van der Waals surface area contributed by atoms with E-state index in [2.05, 4.69) is 9.97 Å². The Hall–Kier alpha value is -4.60. The number of esters is 4. The second-order valence-electron chi connectivity index (χ2n) is 7.47. The van der Waals surface area contributed by atoms with Gasteiger partial charge in [0.15, 0.2) is 23.0 Å². The van der Waals surface area contributed by atoms with E-state index in [1.165, 1.54) is 27.7 Å². The molecule has 2 aromatic carbocycles. The zero-order chi connectivity index (χ0) is 24.6. The Morgan fingerprint density at radius 1 is 0.529 bits per heavy atom. The first-order chi connectivity index (χ1) is 16.1. The number of benzene rings is 2. The SMILES string of the molecule is CC(=O)Oc1cc2[nH]cc(-c3c[nH]c4cc(OC(C)=O)c(OC(C)=O)cc34)c2cc1OC(C)=O. The van der Waals surface area contributed by atoms with Gasteiger partial charge in [0.05, 0.1) is 11.0 Å². The van der Waals surface area contributed by atoms with Gasteiger partial charge in [-0.15, -0.1) is 0 Å². The molecule has 10 nitrogen and oxygen atoms in total. The summed E-state index contributed by atoms with van der Waals surface area (Å²) in [6, 6.07) is 6.33. The molecular formula is C24H20N2O8. The van der Waals surface area contributed by atoms with Crippen molar-refractivity contribution < 1.29 is 38.1 Å². The van der Waals surface area contributed by atoms with E-state index >= 15 is 0 Å². The highest BCUT2D eigenvalue weighted by Gasteiger charge is 2.20. The van der Waals surface area contributed by atoms with Crippen molar-refractivity contribution in [3.63, 3.8) is 0 Å². The number of nitrogens with one attached hydrogen (secondary N) is 2. The fourth-order valence-electron chi connectivity index (χ4n) is 3.64. The normalized spacial score (nSPS) is 10.8. The smallest absolute Gasteiger partial charge is 0.308 e. The van der Waals surface area contributed by atoms with Crippen LogP contribution in [0.4, 0.5) is 0 Å². The summed E-state index contributed by atoms with van der Waals surface area (Å²) in [6.07, 6.45) is 3.49. The molecule has 0 aliphatic carbocycles. The molecule has 0 saturated carbocycles. The molecule has 0 unspecified atom stereocenters. The molecule has 4 rings (SSSR count). The minimum absolute atomic E-state index is 0.0913. The lowest BCUT2D eigenvalue weighted by Gasteiger charge is -2.10. The predicted molar refractivity (Wildman–Crippen MR) is 121 cm³/mol. The molecule has 2 N–H and O–H groups in total. The van der Waals surface area contributed by atoms with Crippen LogP contribution in [0.2, 0.25) is 0 Å². The Morgan fingerprint density at radius 2 is 0.824 bits per heavy atom. The molecule has 10 heteroatoms. The van der Waals surface area contributed by atoms with Gasteiger partial charge in [0.25, 0.3) is 0 Å². The van der Waals surface area contributed by atoms with Gasteiger partial charge in [-0.2, -0.15) is 0 Å². The van der Waals surface area contributed by atoms with E-state index in [1.54, 1.807) is 36.7 Å². The summed E-state index contributed by atoms with van der Waals surface area (Å²) in [7, 11) is 0. The maximum atomic E-state index is 11.6. The van der Waals surface area contributed by atoms with E-state index in [4.69, 9.17) is 18.9 Å². The van der Waals surface area contributed by atoms with Crippen LogP contribution in [0.15, 0.2) is 36.7 Å². The largest absolute Gasteiger partial charge is 0.423 e. The van der Waals surface area contributed by atoms with Crippen molar-refractivity contribution in [2.45, 2.75) is 27.7 Å². The number of rotatable bonds is 5. The summed E-state index contributed by atoms with van der Waals surface area (Å²) in [5.74, 6) is -1.86. The summed E-state index contributed by atoms with van der Waals surface area (Å²) in [5.41, 5.74) is 2.73. The summed E-state index contributed by atoms with van der Waals surface area (Å²) < 4.78 is 20.9. The highest BCUT2D eigenvalue weighted by molar-refractivity contribution is 6.06. The lowest BCUT2D eigenvalue weighted by molar-refractivity contribution is -0.134. The Labute approximate surface area is 192 Å². The first-order valence-electron chi connectivity index (χ1n) is 10.2. The molecular weight excluding hydrogens is 444 g/mol. The third-order valence-corrected chi connectivity index (χ3v) is 4.80. The topological polar surface area (TPSA) is 137 Å². The van der Waals surface area contributed by atoms with Gasteiger partial charge in [0, 0.05) is 74.1 Å². The molecule has 0 fully saturated rings. The molecule has 0 spiro atoms. The molecule has 0 aliphatic heterocycles. The van der Waals surface area contributed by atoms with Crippen molar-refractivity contribution in [1.29, 1.82) is 0 Å². The lowest BCUT2D eigenvalue weighted by atomic mass is 10.0. The van der Waals surface area contributed by atoms with E-state index in [9.17, 15) is 19.2 Å². The van der Waals surface area contributed by atoms with E-state index in [0.29, 0.717) is 21.8 Å². The number of ether oxygens (including phenoxy) is 4. The maximum absolute atomic E-state index is 11.6. The number of aromatic amines is 2. The third-order valence-electron chi connectivity index (χ3n) is 4.80. The van der Waals surface area contributed by atoms with Gasteiger partial charge < -0.3 is 28.9 Å². The molecule has 4 aromatic rings. The zero-order valence-electron chi connectivity index (χ0n) is 18.7. The Kier molecular flexibility index (Phi) is 5.80. The van der Waals surface area contributed by atoms with E-state index in [0.717, 1.165) is 11.1 Å². The van der Waals surface area contributed by atoms with Gasteiger partial charge in [0.2, 0.25) is 0 Å². The molecule has 0 atom stereocenters. The summed E-state index contributed by atoms with van der Waals surface area (Å²) in [6.45, 7) is 4.99. The van der Waals surface area contributed by atoms with Crippen LogP contribution in [-0.4, -0.2) is 33.8 Å².